The molecule has 3 rings (SSSR count). The number of carbonyl (C=O) groups is 2. The average Bonchev–Trinajstić information content (AvgIpc) is 3.10. The normalized spacial score (nSPS) is 12.0. The molecule has 2 heterocycles. The van der Waals surface area contributed by atoms with Crippen LogP contribution in [0.4, 0.5) is 11.4 Å². The first-order valence-electron chi connectivity index (χ1n) is 8.51. The van der Waals surface area contributed by atoms with Gasteiger partial charge in [-0.1, -0.05) is 0 Å². The Labute approximate surface area is 159 Å². The fourth-order valence-electron chi connectivity index (χ4n) is 2.87. The molecule has 0 aliphatic carbocycles. The minimum Gasteiger partial charge on any atom is -0.326 e. The van der Waals surface area contributed by atoms with Gasteiger partial charge in [0.1, 0.15) is 6.04 Å². The van der Waals surface area contributed by atoms with E-state index < -0.39 is 17.3 Å². The molecule has 1 aromatic carbocycles. The van der Waals surface area contributed by atoms with E-state index in [1.54, 1.807) is 31.2 Å². The van der Waals surface area contributed by atoms with E-state index in [4.69, 9.17) is 0 Å². The van der Waals surface area contributed by atoms with Gasteiger partial charge in [0.05, 0.1) is 6.33 Å². The van der Waals surface area contributed by atoms with Gasteiger partial charge < -0.3 is 15.2 Å². The number of aryl methyl sites for hydroxylation is 1. The molecule has 2 N–H and O–H groups in total. The molecule has 0 bridgehead atoms. The number of rotatable bonds is 4. The van der Waals surface area contributed by atoms with Crippen LogP contribution in [0.5, 0.6) is 0 Å². The Kier molecular flexibility index (Phi) is 4.87. The van der Waals surface area contributed by atoms with Crippen molar-refractivity contribution in [1.29, 1.82) is 0 Å². The Balaban J connectivity index is 1.89. The molecule has 28 heavy (non-hydrogen) atoms. The standard InChI is InChI=1S/C18H20N6O4/c1-10(16(26)21-13-7-5-12(6-8-13)20-11(2)25)24-9-19-15-14(24)17(27)23(4)18(28)22(15)3/h5-10H,1-4H3,(H,20,25)(H,21,26)/t10-/m1/s1. The SMILES string of the molecule is CC(=O)Nc1ccc(NC(=O)[C@@H](C)n2cnc3c2c(=O)n(C)c(=O)n3C)cc1. The number of hydrogen-bond donors (Lipinski definition) is 2. The van der Waals surface area contributed by atoms with Crippen LogP contribution in [0.2, 0.25) is 0 Å². The number of imidazole rings is 1. The molecule has 0 unspecified atom stereocenters. The molecule has 10 heteroatoms. The summed E-state index contributed by atoms with van der Waals surface area (Å²) in [5.41, 5.74) is 0.536. The molecule has 0 radical (unpaired) electrons. The van der Waals surface area contributed by atoms with Crippen LogP contribution in [0.25, 0.3) is 11.2 Å². The van der Waals surface area contributed by atoms with Crippen LogP contribution < -0.4 is 21.9 Å². The second-order valence-electron chi connectivity index (χ2n) is 6.45. The molecule has 0 saturated carbocycles. The maximum atomic E-state index is 12.7. The van der Waals surface area contributed by atoms with Crippen molar-refractivity contribution in [2.75, 3.05) is 10.6 Å². The van der Waals surface area contributed by atoms with Crippen LogP contribution in [0.3, 0.4) is 0 Å². The molecule has 0 fully saturated rings. The number of benzene rings is 1. The molecule has 0 aliphatic heterocycles. The molecule has 2 amide bonds. The first kappa shape index (κ1) is 19.1. The van der Waals surface area contributed by atoms with E-state index in [0.29, 0.717) is 11.4 Å². The summed E-state index contributed by atoms with van der Waals surface area (Å²) in [6.45, 7) is 3.04. The van der Waals surface area contributed by atoms with Gasteiger partial charge in [-0.3, -0.25) is 23.5 Å². The summed E-state index contributed by atoms with van der Waals surface area (Å²) < 4.78 is 3.68. The third kappa shape index (κ3) is 3.31. The monoisotopic (exact) mass is 384 g/mol. The zero-order chi connectivity index (χ0) is 20.6. The smallest absolute Gasteiger partial charge is 0.326 e. The van der Waals surface area contributed by atoms with Gasteiger partial charge in [-0.05, 0) is 31.2 Å². The highest BCUT2D eigenvalue weighted by atomic mass is 16.2. The molecular weight excluding hydrogens is 364 g/mol. The van der Waals surface area contributed by atoms with Crippen molar-refractivity contribution in [2.45, 2.75) is 19.9 Å². The maximum Gasteiger partial charge on any atom is 0.332 e. The fourth-order valence-corrected chi connectivity index (χ4v) is 2.87. The minimum atomic E-state index is -0.745. The van der Waals surface area contributed by atoms with Gasteiger partial charge in [-0.15, -0.1) is 0 Å². The summed E-state index contributed by atoms with van der Waals surface area (Å²) in [5.74, 6) is -0.546. The molecule has 2 aromatic heterocycles. The second-order valence-corrected chi connectivity index (χ2v) is 6.45. The Morgan fingerprint density at radius 2 is 1.57 bits per heavy atom. The van der Waals surface area contributed by atoms with Gasteiger partial charge in [-0.2, -0.15) is 0 Å². The molecule has 0 saturated heterocycles. The van der Waals surface area contributed by atoms with Gasteiger partial charge in [-0.25, -0.2) is 9.78 Å². The van der Waals surface area contributed by atoms with Gasteiger partial charge in [0, 0.05) is 32.4 Å². The Hall–Kier alpha value is -3.69. The number of nitrogens with one attached hydrogen (secondary N) is 2. The van der Waals surface area contributed by atoms with Crippen LogP contribution in [0.1, 0.15) is 19.9 Å². The van der Waals surface area contributed by atoms with E-state index in [1.165, 1.54) is 36.5 Å². The number of aromatic nitrogens is 4. The minimum absolute atomic E-state index is 0.174. The average molecular weight is 384 g/mol. The summed E-state index contributed by atoms with van der Waals surface area (Å²) in [5, 5.41) is 5.40. The highest BCUT2D eigenvalue weighted by Crippen LogP contribution is 2.18. The number of hydrogen-bond acceptors (Lipinski definition) is 5. The number of nitrogens with zero attached hydrogens (tertiary/aromatic N) is 4. The van der Waals surface area contributed by atoms with Crippen LogP contribution in [0.15, 0.2) is 40.2 Å². The summed E-state index contributed by atoms with van der Waals surface area (Å²) in [4.78, 5) is 52.4. The number of anilines is 2. The quantitative estimate of drug-likeness (QED) is 0.682. The van der Waals surface area contributed by atoms with Crippen molar-refractivity contribution in [3.8, 4) is 0 Å². The highest BCUT2D eigenvalue weighted by molar-refractivity contribution is 5.95. The molecule has 3 aromatic rings. The zero-order valence-corrected chi connectivity index (χ0v) is 15.9. The van der Waals surface area contributed by atoms with Crippen LogP contribution in [0, 0.1) is 0 Å². The van der Waals surface area contributed by atoms with Crippen LogP contribution in [-0.4, -0.2) is 30.5 Å². The molecule has 146 valence electrons. The van der Waals surface area contributed by atoms with Crippen molar-refractivity contribution in [3.63, 3.8) is 0 Å². The predicted molar refractivity (Wildman–Crippen MR) is 104 cm³/mol. The molecular formula is C18H20N6O4. The predicted octanol–water partition coefficient (Wildman–Crippen LogP) is 0.592. The van der Waals surface area contributed by atoms with E-state index in [1.807, 2.05) is 0 Å². The molecule has 1 atom stereocenters. The molecule has 10 nitrogen and oxygen atoms in total. The lowest BCUT2D eigenvalue weighted by atomic mass is 10.2. The topological polar surface area (TPSA) is 120 Å². The summed E-state index contributed by atoms with van der Waals surface area (Å²) in [7, 11) is 2.89. The van der Waals surface area contributed by atoms with E-state index in [9.17, 15) is 19.2 Å². The lowest BCUT2D eigenvalue weighted by Gasteiger charge is -2.15. The van der Waals surface area contributed by atoms with E-state index in [-0.39, 0.29) is 23.0 Å². The fraction of sp³-hybridized carbons (Fsp3) is 0.278. The van der Waals surface area contributed by atoms with Gasteiger partial charge >= 0.3 is 5.69 Å². The van der Waals surface area contributed by atoms with E-state index in [0.717, 1.165) is 4.57 Å². The Bertz CT molecular complexity index is 1190. The summed E-state index contributed by atoms with van der Waals surface area (Å²) in [6, 6.07) is 5.90. The maximum absolute atomic E-state index is 12.7. The summed E-state index contributed by atoms with van der Waals surface area (Å²) in [6.07, 6.45) is 1.37. The van der Waals surface area contributed by atoms with Crippen molar-refractivity contribution in [1.82, 2.24) is 18.7 Å². The Morgan fingerprint density at radius 3 is 2.14 bits per heavy atom. The van der Waals surface area contributed by atoms with Gasteiger partial charge in [0.25, 0.3) is 5.56 Å². The third-order valence-corrected chi connectivity index (χ3v) is 4.44. The largest absolute Gasteiger partial charge is 0.332 e. The van der Waals surface area contributed by atoms with Crippen molar-refractivity contribution >= 4 is 34.4 Å². The first-order valence-corrected chi connectivity index (χ1v) is 8.51. The highest BCUT2D eigenvalue weighted by Gasteiger charge is 2.21. The molecule has 0 spiro atoms. The van der Waals surface area contributed by atoms with Gasteiger partial charge in [0.15, 0.2) is 11.2 Å². The van der Waals surface area contributed by atoms with Gasteiger partial charge in [0.2, 0.25) is 11.8 Å². The van der Waals surface area contributed by atoms with Crippen molar-refractivity contribution < 1.29 is 9.59 Å². The van der Waals surface area contributed by atoms with E-state index in [2.05, 4.69) is 15.6 Å². The molecule has 0 aliphatic rings. The van der Waals surface area contributed by atoms with Crippen LogP contribution >= 0.6 is 0 Å². The number of fused-ring (bicyclic) bond motifs is 1. The lowest BCUT2D eigenvalue weighted by molar-refractivity contribution is -0.118. The first-order chi connectivity index (χ1) is 13.2. The number of amides is 2. The zero-order valence-electron chi connectivity index (χ0n) is 15.9. The van der Waals surface area contributed by atoms with Crippen molar-refractivity contribution in [3.05, 3.63) is 51.4 Å². The van der Waals surface area contributed by atoms with Crippen LogP contribution in [-0.2, 0) is 23.7 Å². The third-order valence-electron chi connectivity index (χ3n) is 4.44. The van der Waals surface area contributed by atoms with E-state index >= 15 is 0 Å². The lowest BCUT2D eigenvalue weighted by Crippen LogP contribution is -2.38. The number of carbonyl (C=O) groups excluding carboxylic acids is 2. The second kappa shape index (κ2) is 7.14. The Morgan fingerprint density at radius 1 is 1.00 bits per heavy atom. The summed E-state index contributed by atoms with van der Waals surface area (Å²) >= 11 is 0. The van der Waals surface area contributed by atoms with Crippen molar-refractivity contribution in [2.24, 2.45) is 14.1 Å².